The molecule has 0 fully saturated rings. The Morgan fingerprint density at radius 2 is 1.64 bits per heavy atom. The SMILES string of the molecule is CSc1cccc(NC(=O)c2ccc(-n3c(-c4ccccc4)cc4c3CCCCC4)cc2)c1. The second kappa shape index (κ2) is 9.72. The Morgan fingerprint density at radius 1 is 0.848 bits per heavy atom. The molecule has 4 aromatic rings. The van der Waals surface area contributed by atoms with Gasteiger partial charge in [-0.05, 0) is 91.6 Å². The molecule has 166 valence electrons. The van der Waals surface area contributed by atoms with Gasteiger partial charge in [-0.2, -0.15) is 0 Å². The number of nitrogens with zero attached hydrogens (tertiary/aromatic N) is 1. The minimum absolute atomic E-state index is 0.0885. The van der Waals surface area contributed by atoms with Gasteiger partial charge in [-0.3, -0.25) is 4.79 Å². The molecule has 4 heteroatoms. The highest BCUT2D eigenvalue weighted by molar-refractivity contribution is 7.98. The van der Waals surface area contributed by atoms with Crippen LogP contribution >= 0.6 is 11.8 Å². The van der Waals surface area contributed by atoms with E-state index in [0.717, 1.165) is 29.1 Å². The molecule has 0 bridgehead atoms. The summed E-state index contributed by atoms with van der Waals surface area (Å²) in [6.45, 7) is 0. The van der Waals surface area contributed by atoms with Crippen molar-refractivity contribution >= 4 is 23.4 Å². The molecule has 1 heterocycles. The predicted octanol–water partition coefficient (Wildman–Crippen LogP) is 7.39. The van der Waals surface area contributed by atoms with Crippen LogP contribution in [0.1, 0.15) is 40.9 Å². The van der Waals surface area contributed by atoms with E-state index in [-0.39, 0.29) is 5.91 Å². The van der Waals surface area contributed by atoms with Gasteiger partial charge in [0, 0.05) is 27.5 Å². The molecule has 1 aliphatic carbocycles. The van der Waals surface area contributed by atoms with Crippen LogP contribution in [0.25, 0.3) is 16.9 Å². The van der Waals surface area contributed by atoms with E-state index in [1.807, 2.05) is 42.7 Å². The Balaban J connectivity index is 1.47. The van der Waals surface area contributed by atoms with E-state index in [1.165, 1.54) is 41.8 Å². The molecular formula is C29H28N2OS. The molecule has 0 atom stereocenters. The Morgan fingerprint density at radius 3 is 2.42 bits per heavy atom. The summed E-state index contributed by atoms with van der Waals surface area (Å²) in [7, 11) is 0. The van der Waals surface area contributed by atoms with Gasteiger partial charge in [-0.1, -0.05) is 42.8 Å². The highest BCUT2D eigenvalue weighted by Gasteiger charge is 2.19. The number of nitrogens with one attached hydrogen (secondary N) is 1. The lowest BCUT2D eigenvalue weighted by atomic mass is 10.1. The van der Waals surface area contributed by atoms with Gasteiger partial charge in [0.2, 0.25) is 0 Å². The maximum Gasteiger partial charge on any atom is 0.255 e. The molecule has 0 saturated heterocycles. The smallest absolute Gasteiger partial charge is 0.255 e. The van der Waals surface area contributed by atoms with Crippen molar-refractivity contribution in [3.8, 4) is 16.9 Å². The van der Waals surface area contributed by atoms with Crippen LogP contribution in [0.2, 0.25) is 0 Å². The maximum absolute atomic E-state index is 12.9. The molecule has 0 radical (unpaired) electrons. The van der Waals surface area contributed by atoms with Crippen LogP contribution in [0.5, 0.6) is 0 Å². The van der Waals surface area contributed by atoms with Crippen molar-refractivity contribution in [3.63, 3.8) is 0 Å². The van der Waals surface area contributed by atoms with Crippen LogP contribution in [-0.2, 0) is 12.8 Å². The third-order valence-electron chi connectivity index (χ3n) is 6.34. The number of hydrogen-bond donors (Lipinski definition) is 1. The topological polar surface area (TPSA) is 34.0 Å². The van der Waals surface area contributed by atoms with Gasteiger partial charge in [0.1, 0.15) is 0 Å². The second-order valence-electron chi connectivity index (χ2n) is 8.50. The van der Waals surface area contributed by atoms with E-state index in [0.29, 0.717) is 5.56 Å². The summed E-state index contributed by atoms with van der Waals surface area (Å²) in [6.07, 6.45) is 8.02. The summed E-state index contributed by atoms with van der Waals surface area (Å²) in [5.74, 6) is -0.0885. The summed E-state index contributed by atoms with van der Waals surface area (Å²) >= 11 is 1.66. The van der Waals surface area contributed by atoms with E-state index in [1.54, 1.807) is 11.8 Å². The van der Waals surface area contributed by atoms with E-state index in [4.69, 9.17) is 0 Å². The first-order chi connectivity index (χ1) is 16.2. The zero-order valence-corrected chi connectivity index (χ0v) is 19.7. The maximum atomic E-state index is 12.9. The summed E-state index contributed by atoms with van der Waals surface area (Å²) < 4.78 is 2.40. The van der Waals surface area contributed by atoms with E-state index in [2.05, 4.69) is 58.4 Å². The fraction of sp³-hybridized carbons (Fsp3) is 0.207. The first kappa shape index (κ1) is 21.6. The van der Waals surface area contributed by atoms with Gasteiger partial charge in [-0.25, -0.2) is 0 Å². The minimum Gasteiger partial charge on any atom is -0.322 e. The molecular weight excluding hydrogens is 424 g/mol. The van der Waals surface area contributed by atoms with E-state index >= 15 is 0 Å². The first-order valence-electron chi connectivity index (χ1n) is 11.6. The molecule has 33 heavy (non-hydrogen) atoms. The van der Waals surface area contributed by atoms with Gasteiger partial charge in [0.25, 0.3) is 5.91 Å². The molecule has 0 spiro atoms. The standard InChI is InChI=1S/C29H28N2OS/c1-33-26-13-8-12-24(20-26)30-29(32)22-15-17-25(18-16-22)31-27-14-7-3-6-11-23(27)19-28(31)21-9-4-2-5-10-21/h2,4-5,8-10,12-13,15-20H,3,6-7,11,14H2,1H3,(H,30,32). The van der Waals surface area contributed by atoms with Crippen LogP contribution in [0.4, 0.5) is 5.69 Å². The lowest BCUT2D eigenvalue weighted by Crippen LogP contribution is -2.12. The molecule has 0 aliphatic heterocycles. The monoisotopic (exact) mass is 452 g/mol. The number of fused-ring (bicyclic) bond motifs is 1. The number of benzene rings is 3. The van der Waals surface area contributed by atoms with E-state index in [9.17, 15) is 4.79 Å². The molecule has 1 N–H and O–H groups in total. The Bertz CT molecular complexity index is 1260. The van der Waals surface area contributed by atoms with Gasteiger partial charge in [0.05, 0.1) is 5.69 Å². The van der Waals surface area contributed by atoms with E-state index < -0.39 is 0 Å². The number of aryl methyl sites for hydroxylation is 1. The number of aromatic nitrogens is 1. The zero-order chi connectivity index (χ0) is 22.6. The van der Waals surface area contributed by atoms with Crippen molar-refractivity contribution in [1.82, 2.24) is 4.57 Å². The molecule has 3 aromatic carbocycles. The molecule has 1 amide bonds. The van der Waals surface area contributed by atoms with Crippen molar-refractivity contribution in [2.75, 3.05) is 11.6 Å². The lowest BCUT2D eigenvalue weighted by molar-refractivity contribution is 0.102. The largest absolute Gasteiger partial charge is 0.322 e. The first-order valence-corrected chi connectivity index (χ1v) is 12.8. The summed E-state index contributed by atoms with van der Waals surface area (Å²) in [4.78, 5) is 14.0. The predicted molar refractivity (Wildman–Crippen MR) is 139 cm³/mol. The summed E-state index contributed by atoms with van der Waals surface area (Å²) in [5, 5.41) is 3.02. The Hall–Kier alpha value is -3.24. The quantitative estimate of drug-likeness (QED) is 0.253. The fourth-order valence-electron chi connectivity index (χ4n) is 4.66. The number of carbonyl (C=O) groups excluding carboxylic acids is 1. The zero-order valence-electron chi connectivity index (χ0n) is 18.9. The second-order valence-corrected chi connectivity index (χ2v) is 9.38. The summed E-state index contributed by atoms with van der Waals surface area (Å²) in [6, 6.07) is 28.9. The average molecular weight is 453 g/mol. The van der Waals surface area contributed by atoms with Crippen molar-refractivity contribution < 1.29 is 4.79 Å². The van der Waals surface area contributed by atoms with Gasteiger partial charge in [-0.15, -0.1) is 11.8 Å². The number of carbonyl (C=O) groups is 1. The lowest BCUT2D eigenvalue weighted by Gasteiger charge is -2.15. The van der Waals surface area contributed by atoms with Gasteiger partial charge >= 0.3 is 0 Å². The highest BCUT2D eigenvalue weighted by atomic mass is 32.2. The Labute approximate surface area is 199 Å². The molecule has 3 nitrogen and oxygen atoms in total. The molecule has 1 aromatic heterocycles. The van der Waals surface area contributed by atoms with Crippen LogP contribution < -0.4 is 5.32 Å². The third-order valence-corrected chi connectivity index (χ3v) is 7.06. The Kier molecular flexibility index (Phi) is 6.36. The van der Waals surface area contributed by atoms with Gasteiger partial charge in [0.15, 0.2) is 0 Å². The van der Waals surface area contributed by atoms with Crippen LogP contribution in [0, 0.1) is 0 Å². The van der Waals surface area contributed by atoms with Crippen molar-refractivity contribution in [2.24, 2.45) is 0 Å². The van der Waals surface area contributed by atoms with Crippen molar-refractivity contribution in [1.29, 1.82) is 0 Å². The molecule has 1 aliphatic rings. The van der Waals surface area contributed by atoms with Gasteiger partial charge < -0.3 is 9.88 Å². The van der Waals surface area contributed by atoms with Crippen LogP contribution in [0.15, 0.2) is 89.8 Å². The number of rotatable bonds is 5. The van der Waals surface area contributed by atoms with Crippen LogP contribution in [0.3, 0.4) is 0 Å². The summed E-state index contributed by atoms with van der Waals surface area (Å²) in [5.41, 5.74) is 7.91. The number of amides is 1. The normalized spacial score (nSPS) is 13.2. The third kappa shape index (κ3) is 4.62. The van der Waals surface area contributed by atoms with Crippen LogP contribution in [-0.4, -0.2) is 16.7 Å². The average Bonchev–Trinajstić information content (AvgIpc) is 3.07. The number of hydrogen-bond acceptors (Lipinski definition) is 2. The molecule has 0 unspecified atom stereocenters. The fourth-order valence-corrected chi connectivity index (χ4v) is 5.12. The molecule has 0 saturated carbocycles. The molecule has 5 rings (SSSR count). The number of thioether (sulfide) groups is 1. The highest BCUT2D eigenvalue weighted by Crippen LogP contribution is 2.33. The minimum atomic E-state index is -0.0885. The number of anilines is 1. The van der Waals surface area contributed by atoms with Crippen molar-refractivity contribution in [2.45, 2.75) is 37.0 Å². The van der Waals surface area contributed by atoms with Crippen molar-refractivity contribution in [3.05, 3.63) is 102 Å².